The second-order valence-corrected chi connectivity index (χ2v) is 11.2. The molecule has 0 aromatic heterocycles. The monoisotopic (exact) mass is 467 g/mol. The number of nitrogens with zero attached hydrogens (tertiary/aromatic N) is 3. The minimum atomic E-state index is -0.403. The molecule has 3 heterocycles. The number of fused-ring (bicyclic) bond motifs is 1. The molecule has 5 fully saturated rings. The molecule has 0 radical (unpaired) electrons. The fraction of sp³-hybridized carbons (Fsp3) is 0.692. The summed E-state index contributed by atoms with van der Waals surface area (Å²) in [6, 6.07) is 0. The van der Waals surface area contributed by atoms with Crippen molar-refractivity contribution in [1.29, 1.82) is 0 Å². The summed E-state index contributed by atoms with van der Waals surface area (Å²) in [6.45, 7) is 5.89. The van der Waals surface area contributed by atoms with Gasteiger partial charge in [0.05, 0.1) is 18.0 Å². The van der Waals surface area contributed by atoms with E-state index in [0.717, 1.165) is 68.0 Å². The molecule has 4 bridgehead atoms. The molecule has 4 aliphatic carbocycles. The third kappa shape index (κ3) is 4.00. The quantitative estimate of drug-likeness (QED) is 0.647. The van der Waals surface area contributed by atoms with Crippen LogP contribution in [-0.2, 0) is 9.53 Å². The smallest absolute Gasteiger partial charge is 0.409 e. The Morgan fingerprint density at radius 2 is 1.74 bits per heavy atom. The highest BCUT2D eigenvalue weighted by molar-refractivity contribution is 5.84. The zero-order chi connectivity index (χ0) is 23.3. The number of rotatable bonds is 5. The lowest BCUT2D eigenvalue weighted by Gasteiger charge is -2.57. The molecule has 8 nitrogen and oxygen atoms in total. The molecule has 1 saturated heterocycles. The van der Waals surface area contributed by atoms with Gasteiger partial charge in [0.1, 0.15) is 0 Å². The summed E-state index contributed by atoms with van der Waals surface area (Å²) >= 11 is 0. The molecule has 184 valence electrons. The predicted octanol–water partition coefficient (Wildman–Crippen LogP) is 2.37. The lowest BCUT2D eigenvalue weighted by Crippen LogP contribution is -2.63. The van der Waals surface area contributed by atoms with E-state index in [4.69, 9.17) is 4.74 Å². The Kier molecular flexibility index (Phi) is 5.59. The molecule has 0 aromatic rings. The fourth-order valence-corrected chi connectivity index (χ4v) is 7.68. The Balaban J connectivity index is 1.10. The van der Waals surface area contributed by atoms with Gasteiger partial charge >= 0.3 is 6.09 Å². The van der Waals surface area contributed by atoms with Gasteiger partial charge in [-0.3, -0.25) is 9.69 Å². The molecule has 1 atom stereocenters. The molecular weight excluding hydrogens is 430 g/mol. The van der Waals surface area contributed by atoms with E-state index in [2.05, 4.69) is 26.5 Å². The molecule has 8 heteroatoms. The van der Waals surface area contributed by atoms with Gasteiger partial charge in [-0.2, -0.15) is 0 Å². The van der Waals surface area contributed by atoms with Crippen molar-refractivity contribution in [1.82, 2.24) is 25.3 Å². The van der Waals surface area contributed by atoms with E-state index in [1.54, 1.807) is 4.90 Å². The molecule has 4 saturated carbocycles. The van der Waals surface area contributed by atoms with Crippen LogP contribution in [0.2, 0.25) is 0 Å². The zero-order valence-electron chi connectivity index (χ0n) is 20.2. The Morgan fingerprint density at radius 3 is 2.38 bits per heavy atom. The maximum atomic E-state index is 13.6. The number of piperazine rings is 1. The summed E-state index contributed by atoms with van der Waals surface area (Å²) in [7, 11) is 0. The topological polar surface area (TPSA) is 77.2 Å². The number of carbonyl (C=O) groups excluding carboxylic acids is 2. The molecule has 3 aliphatic heterocycles. The van der Waals surface area contributed by atoms with E-state index >= 15 is 0 Å². The maximum absolute atomic E-state index is 13.6. The third-order valence-electron chi connectivity index (χ3n) is 8.74. The Labute approximate surface area is 202 Å². The molecular formula is C26H37N5O3. The second kappa shape index (κ2) is 8.63. The number of allylic oxidation sites excluding steroid dienone is 3. The standard InChI is InChI=1S/C26H37N5O3/c1-2-34-25(33)30-9-7-29(8-10-30)17-21-22-5-3-4-6-31(22)23(27-21)24(32)28-26-14-18-11-19(15-26)13-20(12-18)16-26/h3-6,18-20,23,27H,2,7-17H2,1H3,(H,28,32). The van der Waals surface area contributed by atoms with Gasteiger partial charge in [0.2, 0.25) is 0 Å². The van der Waals surface area contributed by atoms with E-state index in [1.165, 1.54) is 19.3 Å². The highest BCUT2D eigenvalue weighted by atomic mass is 16.6. The van der Waals surface area contributed by atoms with E-state index in [9.17, 15) is 9.59 Å². The van der Waals surface area contributed by atoms with Gasteiger partial charge in [-0.05, 0) is 75.4 Å². The van der Waals surface area contributed by atoms with Crippen molar-refractivity contribution in [2.45, 2.75) is 57.2 Å². The van der Waals surface area contributed by atoms with Gasteiger partial charge in [-0.1, -0.05) is 6.08 Å². The third-order valence-corrected chi connectivity index (χ3v) is 8.74. The van der Waals surface area contributed by atoms with Crippen LogP contribution in [0.25, 0.3) is 0 Å². The Bertz CT molecular complexity index is 897. The lowest BCUT2D eigenvalue weighted by molar-refractivity contribution is -0.131. The highest BCUT2D eigenvalue weighted by Gasteiger charge is 2.52. The van der Waals surface area contributed by atoms with E-state index in [-0.39, 0.29) is 17.5 Å². The summed E-state index contributed by atoms with van der Waals surface area (Å²) in [4.78, 5) is 31.8. The number of amides is 2. The van der Waals surface area contributed by atoms with Gasteiger partial charge < -0.3 is 25.2 Å². The normalized spacial score (nSPS) is 36.0. The molecule has 1 unspecified atom stereocenters. The van der Waals surface area contributed by atoms with E-state index in [0.29, 0.717) is 19.7 Å². The van der Waals surface area contributed by atoms with Crippen molar-refractivity contribution in [2.75, 3.05) is 39.3 Å². The summed E-state index contributed by atoms with van der Waals surface area (Å²) < 4.78 is 5.14. The molecule has 2 amide bonds. The number of ether oxygens (including phenoxy) is 1. The molecule has 0 spiro atoms. The van der Waals surface area contributed by atoms with Crippen molar-refractivity contribution in [3.05, 3.63) is 35.8 Å². The number of carbonyl (C=O) groups is 2. The summed E-state index contributed by atoms with van der Waals surface area (Å²) in [6.07, 6.45) is 15.1. The van der Waals surface area contributed by atoms with Gasteiger partial charge in [-0.25, -0.2) is 4.79 Å². The van der Waals surface area contributed by atoms with Gasteiger partial charge in [0.25, 0.3) is 5.91 Å². The van der Waals surface area contributed by atoms with Gasteiger partial charge in [0, 0.05) is 44.5 Å². The first kappa shape index (κ1) is 22.0. The van der Waals surface area contributed by atoms with Crippen LogP contribution in [-0.4, -0.2) is 77.7 Å². The minimum absolute atomic E-state index is 0.00912. The summed E-state index contributed by atoms with van der Waals surface area (Å²) in [5.41, 5.74) is 2.16. The summed E-state index contributed by atoms with van der Waals surface area (Å²) in [5.74, 6) is 2.51. The van der Waals surface area contributed by atoms with Crippen molar-refractivity contribution in [2.24, 2.45) is 17.8 Å². The zero-order valence-corrected chi connectivity index (χ0v) is 20.2. The first-order chi connectivity index (χ1) is 16.5. The van der Waals surface area contributed by atoms with Crippen LogP contribution < -0.4 is 10.6 Å². The average Bonchev–Trinajstić information content (AvgIpc) is 3.17. The van der Waals surface area contributed by atoms with Crippen LogP contribution in [0.15, 0.2) is 35.8 Å². The highest BCUT2D eigenvalue weighted by Crippen LogP contribution is 2.55. The number of hydrogen-bond acceptors (Lipinski definition) is 6. The molecule has 7 rings (SSSR count). The Hall–Kier alpha value is -2.48. The SMILES string of the molecule is CCOC(=O)N1CCN(CC2=C3C=CC=CN3C(C(=O)NC34CC5CC(CC(C5)C3)C4)N2)CC1. The first-order valence-corrected chi connectivity index (χ1v) is 13.1. The average molecular weight is 468 g/mol. The first-order valence-electron chi connectivity index (χ1n) is 13.1. The lowest BCUT2D eigenvalue weighted by atomic mass is 9.53. The predicted molar refractivity (Wildman–Crippen MR) is 128 cm³/mol. The van der Waals surface area contributed by atoms with Crippen LogP contribution in [0.3, 0.4) is 0 Å². The maximum Gasteiger partial charge on any atom is 0.409 e. The number of hydrogen-bond donors (Lipinski definition) is 2. The minimum Gasteiger partial charge on any atom is -0.450 e. The van der Waals surface area contributed by atoms with Crippen molar-refractivity contribution >= 4 is 12.0 Å². The van der Waals surface area contributed by atoms with Crippen LogP contribution in [0.4, 0.5) is 4.79 Å². The molecule has 2 N–H and O–H groups in total. The fourth-order valence-electron chi connectivity index (χ4n) is 7.68. The van der Waals surface area contributed by atoms with Crippen LogP contribution in [0.5, 0.6) is 0 Å². The Morgan fingerprint density at radius 1 is 1.06 bits per heavy atom. The molecule has 7 aliphatic rings. The van der Waals surface area contributed by atoms with E-state index in [1.807, 2.05) is 25.3 Å². The van der Waals surface area contributed by atoms with Crippen LogP contribution in [0, 0.1) is 17.8 Å². The van der Waals surface area contributed by atoms with Crippen molar-refractivity contribution in [3.63, 3.8) is 0 Å². The van der Waals surface area contributed by atoms with Crippen molar-refractivity contribution in [3.8, 4) is 0 Å². The largest absolute Gasteiger partial charge is 0.450 e. The van der Waals surface area contributed by atoms with Gasteiger partial charge in [-0.15, -0.1) is 0 Å². The van der Waals surface area contributed by atoms with Crippen LogP contribution >= 0.6 is 0 Å². The van der Waals surface area contributed by atoms with Crippen LogP contribution in [0.1, 0.15) is 45.4 Å². The van der Waals surface area contributed by atoms with E-state index < -0.39 is 6.17 Å². The second-order valence-electron chi connectivity index (χ2n) is 11.2. The van der Waals surface area contributed by atoms with Gasteiger partial charge in [0.15, 0.2) is 6.17 Å². The van der Waals surface area contributed by atoms with Crippen molar-refractivity contribution < 1.29 is 14.3 Å². The molecule has 0 aromatic carbocycles. The molecule has 34 heavy (non-hydrogen) atoms. The number of nitrogens with one attached hydrogen (secondary N) is 2. The summed E-state index contributed by atoms with van der Waals surface area (Å²) in [5, 5.41) is 7.12.